The van der Waals surface area contributed by atoms with Crippen LogP contribution in [-0.4, -0.2) is 46.7 Å². The highest BCUT2D eigenvalue weighted by molar-refractivity contribution is 7.89. The number of benzene rings is 1. The molecule has 7 nitrogen and oxygen atoms in total. The second-order valence-corrected chi connectivity index (χ2v) is 7.64. The van der Waals surface area contributed by atoms with E-state index in [0.29, 0.717) is 18.9 Å². The molecule has 1 aliphatic rings. The molecular formula is C15H21ClN2O5S. The Kier molecular flexibility index (Phi) is 6.45. The summed E-state index contributed by atoms with van der Waals surface area (Å²) in [5, 5.41) is 2.87. The molecule has 1 aliphatic heterocycles. The Morgan fingerprint density at radius 3 is 2.83 bits per heavy atom. The summed E-state index contributed by atoms with van der Waals surface area (Å²) in [5.74, 6) is -0.0355. The van der Waals surface area contributed by atoms with E-state index in [-0.39, 0.29) is 16.0 Å². The summed E-state index contributed by atoms with van der Waals surface area (Å²) < 4.78 is 37.4. The molecule has 24 heavy (non-hydrogen) atoms. The van der Waals surface area contributed by atoms with Gasteiger partial charge < -0.3 is 14.8 Å². The molecule has 0 bridgehead atoms. The zero-order valence-electron chi connectivity index (χ0n) is 13.5. The summed E-state index contributed by atoms with van der Waals surface area (Å²) in [7, 11) is -2.43. The fourth-order valence-corrected chi connectivity index (χ4v) is 3.89. The first-order valence-electron chi connectivity index (χ1n) is 7.58. The molecule has 1 fully saturated rings. The van der Waals surface area contributed by atoms with Crippen molar-refractivity contribution in [2.45, 2.75) is 36.8 Å². The van der Waals surface area contributed by atoms with E-state index >= 15 is 0 Å². The van der Waals surface area contributed by atoms with Crippen LogP contribution in [0.3, 0.4) is 0 Å². The normalized spacial score (nSPS) is 19.0. The maximum absolute atomic E-state index is 12.3. The molecule has 1 saturated heterocycles. The van der Waals surface area contributed by atoms with Gasteiger partial charge in [-0.15, -0.1) is 0 Å². The van der Waals surface area contributed by atoms with Crippen molar-refractivity contribution < 1.29 is 22.7 Å². The van der Waals surface area contributed by atoms with E-state index in [0.717, 1.165) is 12.8 Å². The maximum atomic E-state index is 12.3. The monoisotopic (exact) mass is 376 g/mol. The molecule has 2 N–H and O–H groups in total. The molecule has 2 atom stereocenters. The number of methoxy groups -OCH3 is 1. The second-order valence-electron chi connectivity index (χ2n) is 5.52. The molecule has 2 rings (SSSR count). The van der Waals surface area contributed by atoms with Crippen LogP contribution >= 0.6 is 11.6 Å². The van der Waals surface area contributed by atoms with Crippen molar-refractivity contribution in [1.29, 1.82) is 0 Å². The molecule has 0 unspecified atom stereocenters. The minimum Gasteiger partial charge on any atom is -0.495 e. The third-order valence-electron chi connectivity index (χ3n) is 3.69. The van der Waals surface area contributed by atoms with Gasteiger partial charge in [-0.2, -0.15) is 4.72 Å². The number of amides is 1. The van der Waals surface area contributed by atoms with Crippen molar-refractivity contribution in [3.63, 3.8) is 0 Å². The van der Waals surface area contributed by atoms with Gasteiger partial charge in [0.2, 0.25) is 15.9 Å². The highest BCUT2D eigenvalue weighted by Crippen LogP contribution is 2.26. The number of hydrogen-bond acceptors (Lipinski definition) is 5. The summed E-state index contributed by atoms with van der Waals surface area (Å²) in [4.78, 5) is 12.0. The minimum atomic E-state index is -3.87. The molecule has 9 heteroatoms. The van der Waals surface area contributed by atoms with E-state index in [4.69, 9.17) is 21.1 Å². The summed E-state index contributed by atoms with van der Waals surface area (Å²) in [6, 6.07) is 3.18. The largest absolute Gasteiger partial charge is 0.495 e. The van der Waals surface area contributed by atoms with Crippen molar-refractivity contribution in [1.82, 2.24) is 10.0 Å². The molecule has 0 spiro atoms. The maximum Gasteiger partial charge on any atom is 0.241 e. The lowest BCUT2D eigenvalue weighted by atomic mass is 10.2. The van der Waals surface area contributed by atoms with Crippen LogP contribution in [0.4, 0.5) is 0 Å². The Balaban J connectivity index is 1.96. The van der Waals surface area contributed by atoms with Crippen LogP contribution in [0, 0.1) is 0 Å². The summed E-state index contributed by atoms with van der Waals surface area (Å²) >= 11 is 5.95. The first-order chi connectivity index (χ1) is 11.3. The number of hydrogen-bond donors (Lipinski definition) is 2. The second kappa shape index (κ2) is 8.15. The van der Waals surface area contributed by atoms with Gasteiger partial charge in [0, 0.05) is 13.2 Å². The summed E-state index contributed by atoms with van der Waals surface area (Å²) in [6.45, 7) is 2.55. The zero-order chi connectivity index (χ0) is 17.7. The van der Waals surface area contributed by atoms with Crippen molar-refractivity contribution in [3.8, 4) is 5.75 Å². The van der Waals surface area contributed by atoms with E-state index in [1.807, 2.05) is 0 Å². The fraction of sp³-hybridized carbons (Fsp3) is 0.533. The Morgan fingerprint density at radius 1 is 1.50 bits per heavy atom. The SMILES string of the molecule is COc1ccc(S(=O)(=O)N[C@@H](C)C(=O)NC[C@H]2CCCO2)cc1Cl. The van der Waals surface area contributed by atoms with Gasteiger partial charge in [0.1, 0.15) is 5.75 Å². The van der Waals surface area contributed by atoms with Gasteiger partial charge in [-0.25, -0.2) is 8.42 Å². The Bertz CT molecular complexity index is 689. The van der Waals surface area contributed by atoms with E-state index in [1.54, 1.807) is 0 Å². The average molecular weight is 377 g/mol. The van der Waals surface area contributed by atoms with Gasteiger partial charge >= 0.3 is 0 Å². The van der Waals surface area contributed by atoms with Crippen LogP contribution in [0.5, 0.6) is 5.75 Å². The molecule has 1 heterocycles. The van der Waals surface area contributed by atoms with Gasteiger partial charge in [0.05, 0.1) is 29.2 Å². The lowest BCUT2D eigenvalue weighted by Gasteiger charge is -2.16. The highest BCUT2D eigenvalue weighted by atomic mass is 35.5. The number of sulfonamides is 1. The summed E-state index contributed by atoms with van der Waals surface area (Å²) in [6.07, 6.45) is 1.87. The van der Waals surface area contributed by atoms with Crippen molar-refractivity contribution in [2.75, 3.05) is 20.3 Å². The lowest BCUT2D eigenvalue weighted by molar-refractivity contribution is -0.122. The van der Waals surface area contributed by atoms with Gasteiger partial charge in [-0.1, -0.05) is 11.6 Å². The standard InChI is InChI=1S/C15H21ClN2O5S/c1-10(15(19)17-9-11-4-3-7-23-11)18-24(20,21)12-5-6-14(22-2)13(16)8-12/h5-6,8,10-11,18H,3-4,7,9H2,1-2H3,(H,17,19)/t10-,11+/m0/s1. The Labute approximate surface area is 146 Å². The third-order valence-corrected chi connectivity index (χ3v) is 5.52. The fourth-order valence-electron chi connectivity index (χ4n) is 2.34. The molecule has 0 aromatic heterocycles. The molecule has 1 aromatic rings. The number of nitrogens with one attached hydrogen (secondary N) is 2. The van der Waals surface area contributed by atoms with Crippen LogP contribution in [-0.2, 0) is 19.6 Å². The van der Waals surface area contributed by atoms with Crippen LogP contribution in [0.25, 0.3) is 0 Å². The van der Waals surface area contributed by atoms with Gasteiger partial charge in [-0.3, -0.25) is 4.79 Å². The molecular weight excluding hydrogens is 356 g/mol. The average Bonchev–Trinajstić information content (AvgIpc) is 3.05. The van der Waals surface area contributed by atoms with Crippen LogP contribution in [0.2, 0.25) is 5.02 Å². The van der Waals surface area contributed by atoms with Crippen LogP contribution in [0.1, 0.15) is 19.8 Å². The zero-order valence-corrected chi connectivity index (χ0v) is 15.1. The minimum absolute atomic E-state index is 0.00171. The predicted octanol–water partition coefficient (Wildman–Crippen LogP) is 1.31. The molecule has 1 amide bonds. The van der Waals surface area contributed by atoms with E-state index < -0.39 is 22.0 Å². The Morgan fingerprint density at radius 2 is 2.25 bits per heavy atom. The van der Waals surface area contributed by atoms with Crippen LogP contribution < -0.4 is 14.8 Å². The number of carbonyl (C=O) groups is 1. The highest BCUT2D eigenvalue weighted by Gasteiger charge is 2.24. The third kappa shape index (κ3) is 4.83. The molecule has 134 valence electrons. The summed E-state index contributed by atoms with van der Waals surface area (Å²) in [5.41, 5.74) is 0. The van der Waals surface area contributed by atoms with Crippen molar-refractivity contribution in [3.05, 3.63) is 23.2 Å². The van der Waals surface area contributed by atoms with E-state index in [1.165, 1.54) is 32.2 Å². The smallest absolute Gasteiger partial charge is 0.241 e. The molecule has 0 saturated carbocycles. The lowest BCUT2D eigenvalue weighted by Crippen LogP contribution is -2.46. The van der Waals surface area contributed by atoms with Crippen molar-refractivity contribution in [2.24, 2.45) is 0 Å². The number of ether oxygens (including phenoxy) is 2. The topological polar surface area (TPSA) is 93.7 Å². The number of halogens is 1. The molecule has 1 aromatic carbocycles. The number of carbonyl (C=O) groups excluding carboxylic acids is 1. The first-order valence-corrected chi connectivity index (χ1v) is 9.45. The van der Waals surface area contributed by atoms with Gasteiger partial charge in [0.25, 0.3) is 0 Å². The van der Waals surface area contributed by atoms with Gasteiger partial charge in [0.15, 0.2) is 0 Å². The first kappa shape index (κ1) is 19.0. The quantitative estimate of drug-likeness (QED) is 0.748. The van der Waals surface area contributed by atoms with Crippen molar-refractivity contribution >= 4 is 27.5 Å². The van der Waals surface area contributed by atoms with E-state index in [2.05, 4.69) is 10.0 Å². The molecule has 0 aliphatic carbocycles. The predicted molar refractivity (Wildman–Crippen MR) is 89.8 cm³/mol. The van der Waals surface area contributed by atoms with E-state index in [9.17, 15) is 13.2 Å². The number of rotatable bonds is 7. The van der Waals surface area contributed by atoms with Crippen LogP contribution in [0.15, 0.2) is 23.1 Å². The molecule has 0 radical (unpaired) electrons. The van der Waals surface area contributed by atoms with Gasteiger partial charge in [-0.05, 0) is 38.0 Å². The Hall–Kier alpha value is -1.35.